The van der Waals surface area contributed by atoms with Crippen LogP contribution in [0.1, 0.15) is 55.0 Å². The number of carbonyl (C=O) groups is 1. The van der Waals surface area contributed by atoms with E-state index in [-0.39, 0.29) is 0 Å². The maximum absolute atomic E-state index is 11.0. The lowest BCUT2D eigenvalue weighted by Crippen LogP contribution is -2.09. The van der Waals surface area contributed by atoms with Crippen LogP contribution in [-0.4, -0.2) is 6.29 Å². The van der Waals surface area contributed by atoms with Gasteiger partial charge in [-0.25, -0.2) is 0 Å². The fourth-order valence-corrected chi connectivity index (χ4v) is 5.59. The zero-order chi connectivity index (χ0) is 20.2. The maximum Gasteiger partial charge on any atom is 0.149 e. The molecule has 0 fully saturated rings. The number of fused-ring (bicyclic) bond motifs is 1. The predicted molar refractivity (Wildman–Crippen MR) is 125 cm³/mol. The van der Waals surface area contributed by atoms with Gasteiger partial charge in [-0.05, 0) is 76.5 Å². The Hall–Kier alpha value is -1.91. The van der Waals surface area contributed by atoms with Gasteiger partial charge in [0.15, 0.2) is 0 Å². The van der Waals surface area contributed by atoms with Crippen LogP contribution < -0.4 is 10.8 Å². The zero-order valence-corrected chi connectivity index (χ0v) is 19.1. The Morgan fingerprint density at radius 1 is 1.14 bits per heavy atom. The minimum absolute atomic E-state index is 0.694. The van der Waals surface area contributed by atoms with Crippen molar-refractivity contribution in [2.45, 2.75) is 51.9 Å². The molecule has 2 aromatic rings. The smallest absolute Gasteiger partial charge is 0.149 e. The number of hydrogen-bond donors (Lipinski definition) is 0. The number of aryl methyl sites for hydroxylation is 1. The summed E-state index contributed by atoms with van der Waals surface area (Å²) in [5.74, 6) is 0. The molecule has 0 saturated heterocycles. The van der Waals surface area contributed by atoms with Crippen molar-refractivity contribution in [3.05, 3.63) is 72.6 Å². The van der Waals surface area contributed by atoms with Gasteiger partial charge in [0.1, 0.15) is 17.1 Å². The number of unbranched alkanes of at least 4 members (excludes halogenated alkanes) is 3. The molecule has 2 aliphatic carbocycles. The standard InChI is InChI=1S/C25H25BrO2S/c1-2-3-4-5-6-21-15-24(26)29-25(21)19-11-9-18(10-12-19)23-14-20-8-7-17(16-27)13-22(20)28-23/h7,9,11-16H,2-6,8,10H2,1H3. The monoisotopic (exact) mass is 468 g/mol. The quantitative estimate of drug-likeness (QED) is 0.374. The lowest BCUT2D eigenvalue weighted by atomic mass is 9.97. The number of thiophene rings is 1. The number of allylic oxidation sites excluding steroid dienone is 6. The van der Waals surface area contributed by atoms with Crippen molar-refractivity contribution >= 4 is 50.8 Å². The van der Waals surface area contributed by atoms with Crippen LogP contribution in [0.4, 0.5) is 0 Å². The molecule has 0 aromatic carbocycles. The first-order valence-electron chi connectivity index (χ1n) is 10.3. The molecule has 2 heterocycles. The van der Waals surface area contributed by atoms with Crippen LogP contribution >= 0.6 is 27.3 Å². The fourth-order valence-electron chi connectivity index (χ4n) is 3.87. The van der Waals surface area contributed by atoms with Crippen molar-refractivity contribution < 1.29 is 9.21 Å². The van der Waals surface area contributed by atoms with Gasteiger partial charge in [-0.1, -0.05) is 50.5 Å². The van der Waals surface area contributed by atoms with Crippen molar-refractivity contribution in [2.24, 2.45) is 0 Å². The van der Waals surface area contributed by atoms with E-state index in [9.17, 15) is 4.79 Å². The van der Waals surface area contributed by atoms with Gasteiger partial charge >= 0.3 is 0 Å². The lowest BCUT2D eigenvalue weighted by molar-refractivity contribution is -0.104. The third kappa shape index (κ3) is 4.65. The normalized spacial score (nSPS) is 17.4. The highest BCUT2D eigenvalue weighted by atomic mass is 79.9. The summed E-state index contributed by atoms with van der Waals surface area (Å²) in [6.07, 6.45) is 19.3. The highest BCUT2D eigenvalue weighted by molar-refractivity contribution is 9.11. The van der Waals surface area contributed by atoms with Crippen molar-refractivity contribution in [1.82, 2.24) is 0 Å². The van der Waals surface area contributed by atoms with Gasteiger partial charge in [0.2, 0.25) is 0 Å². The molecular weight excluding hydrogens is 444 g/mol. The molecule has 0 N–H and O–H groups in total. The highest BCUT2D eigenvalue weighted by Gasteiger charge is 2.14. The van der Waals surface area contributed by atoms with E-state index >= 15 is 0 Å². The van der Waals surface area contributed by atoms with Crippen molar-refractivity contribution in [3.63, 3.8) is 0 Å². The van der Waals surface area contributed by atoms with E-state index < -0.39 is 0 Å². The van der Waals surface area contributed by atoms with Gasteiger partial charge in [-0.3, -0.25) is 4.79 Å². The van der Waals surface area contributed by atoms with Gasteiger partial charge in [-0.15, -0.1) is 11.3 Å². The molecule has 0 bridgehead atoms. The summed E-state index contributed by atoms with van der Waals surface area (Å²) in [4.78, 5) is 12.4. The molecule has 0 radical (unpaired) electrons. The molecule has 4 rings (SSSR count). The van der Waals surface area contributed by atoms with Gasteiger partial charge < -0.3 is 4.42 Å². The van der Waals surface area contributed by atoms with Crippen LogP contribution in [0.5, 0.6) is 0 Å². The summed E-state index contributed by atoms with van der Waals surface area (Å²) < 4.78 is 7.25. The van der Waals surface area contributed by atoms with E-state index in [1.165, 1.54) is 51.1 Å². The van der Waals surface area contributed by atoms with E-state index in [0.29, 0.717) is 5.57 Å². The number of aldehydes is 1. The molecule has 0 saturated carbocycles. The molecule has 0 unspecified atom stereocenters. The summed E-state index contributed by atoms with van der Waals surface area (Å²) in [6.45, 7) is 2.25. The minimum Gasteiger partial charge on any atom is -0.457 e. The largest absolute Gasteiger partial charge is 0.457 e. The second-order valence-electron chi connectivity index (χ2n) is 7.61. The molecule has 0 atom stereocenters. The van der Waals surface area contributed by atoms with Crippen LogP contribution in [0.25, 0.3) is 17.2 Å². The Morgan fingerprint density at radius 2 is 2.03 bits per heavy atom. The first-order valence-corrected chi connectivity index (χ1v) is 11.9. The van der Waals surface area contributed by atoms with Crippen molar-refractivity contribution in [3.8, 4) is 0 Å². The van der Waals surface area contributed by atoms with Crippen LogP contribution in [0.3, 0.4) is 0 Å². The summed E-state index contributed by atoms with van der Waals surface area (Å²) in [6, 6.07) is 4.40. The Balaban J connectivity index is 1.55. The number of hydrogen-bond acceptors (Lipinski definition) is 3. The molecule has 2 nitrogen and oxygen atoms in total. The summed E-state index contributed by atoms with van der Waals surface area (Å²) in [5, 5.41) is 0. The topological polar surface area (TPSA) is 30.2 Å². The van der Waals surface area contributed by atoms with Crippen molar-refractivity contribution in [1.29, 1.82) is 0 Å². The van der Waals surface area contributed by atoms with Crippen molar-refractivity contribution in [2.75, 3.05) is 0 Å². The minimum atomic E-state index is 0.694. The van der Waals surface area contributed by atoms with E-state index in [1.807, 2.05) is 23.5 Å². The van der Waals surface area contributed by atoms with Gasteiger partial charge in [0.25, 0.3) is 0 Å². The molecule has 0 aliphatic heterocycles. The molecule has 4 heteroatoms. The first-order chi connectivity index (χ1) is 14.2. The third-order valence-electron chi connectivity index (χ3n) is 5.50. The second-order valence-corrected chi connectivity index (χ2v) is 10.0. The van der Waals surface area contributed by atoms with Crippen LogP contribution in [0, 0.1) is 0 Å². The Bertz CT molecular complexity index is 1120. The van der Waals surface area contributed by atoms with Gasteiger partial charge in [0, 0.05) is 16.0 Å². The Labute approximate surface area is 184 Å². The van der Waals surface area contributed by atoms with E-state index in [0.717, 1.165) is 41.9 Å². The molecule has 29 heavy (non-hydrogen) atoms. The van der Waals surface area contributed by atoms with E-state index in [2.05, 4.69) is 53.2 Å². The SMILES string of the molecule is CCCCCCc1cc(Br)sc1C1=CCC(=c2cc3c(o2)=CC(C=O)=CC3)C=C1. The zero-order valence-electron chi connectivity index (χ0n) is 16.7. The Morgan fingerprint density at radius 3 is 2.79 bits per heavy atom. The molecule has 0 amide bonds. The highest BCUT2D eigenvalue weighted by Crippen LogP contribution is 2.36. The van der Waals surface area contributed by atoms with E-state index in [1.54, 1.807) is 0 Å². The molecule has 2 aromatic heterocycles. The van der Waals surface area contributed by atoms with Crippen LogP contribution in [0.15, 0.2) is 50.2 Å². The second kappa shape index (κ2) is 9.27. The fraction of sp³-hybridized carbons (Fsp3) is 0.320. The number of halogens is 1. The average Bonchev–Trinajstić information content (AvgIpc) is 3.34. The number of rotatable bonds is 7. The summed E-state index contributed by atoms with van der Waals surface area (Å²) in [7, 11) is 0. The van der Waals surface area contributed by atoms with Gasteiger partial charge in [0.05, 0.1) is 3.79 Å². The molecule has 0 spiro atoms. The van der Waals surface area contributed by atoms with E-state index in [4.69, 9.17) is 4.42 Å². The summed E-state index contributed by atoms with van der Waals surface area (Å²) >= 11 is 5.50. The van der Waals surface area contributed by atoms with Crippen LogP contribution in [0.2, 0.25) is 0 Å². The Kier molecular flexibility index (Phi) is 6.51. The van der Waals surface area contributed by atoms with Gasteiger partial charge in [-0.2, -0.15) is 0 Å². The first kappa shape index (κ1) is 20.4. The number of furan rings is 1. The maximum atomic E-state index is 11.0. The molecular formula is C25H25BrO2S. The van der Waals surface area contributed by atoms with Crippen LogP contribution in [-0.2, 0) is 17.6 Å². The molecule has 2 aliphatic rings. The summed E-state index contributed by atoms with van der Waals surface area (Å²) in [5.41, 5.74) is 7.51. The number of carbonyl (C=O) groups excluding carboxylic acids is 1. The lowest BCUT2D eigenvalue weighted by Gasteiger charge is -2.10. The predicted octanol–water partition coefficient (Wildman–Crippen LogP) is 5.88. The third-order valence-corrected chi connectivity index (χ3v) is 7.23. The average molecular weight is 469 g/mol. The molecule has 150 valence electrons.